The van der Waals surface area contributed by atoms with Gasteiger partial charge in [0.1, 0.15) is 0 Å². The minimum absolute atomic E-state index is 0.248. The van der Waals surface area contributed by atoms with Gasteiger partial charge >= 0.3 is 0 Å². The van der Waals surface area contributed by atoms with Crippen molar-refractivity contribution in [1.29, 1.82) is 0 Å². The summed E-state index contributed by atoms with van der Waals surface area (Å²) in [5.41, 5.74) is 7.85. The van der Waals surface area contributed by atoms with Gasteiger partial charge in [0.15, 0.2) is 0 Å². The Bertz CT molecular complexity index is 518. The molecule has 1 atom stereocenters. The lowest BCUT2D eigenvalue weighted by atomic mass is 9.86. The van der Waals surface area contributed by atoms with Crippen LogP contribution in [0.2, 0.25) is 0 Å². The zero-order valence-corrected chi connectivity index (χ0v) is 9.61. The van der Waals surface area contributed by atoms with Crippen LogP contribution in [-0.2, 0) is 5.41 Å². The topological polar surface area (TPSA) is 26.0 Å². The van der Waals surface area contributed by atoms with Crippen molar-refractivity contribution < 1.29 is 0 Å². The van der Waals surface area contributed by atoms with Crippen molar-refractivity contribution in [1.82, 2.24) is 0 Å². The molecule has 0 aliphatic heterocycles. The number of fused-ring (bicyclic) bond motifs is 1. The van der Waals surface area contributed by atoms with Gasteiger partial charge in [-0.3, -0.25) is 0 Å². The molecule has 1 saturated carbocycles. The van der Waals surface area contributed by atoms with E-state index in [0.29, 0.717) is 0 Å². The summed E-state index contributed by atoms with van der Waals surface area (Å²) in [6, 6.07) is 15.4. The first kappa shape index (κ1) is 9.86. The highest BCUT2D eigenvalue weighted by molar-refractivity contribution is 5.87. The zero-order valence-electron chi connectivity index (χ0n) is 9.61. The van der Waals surface area contributed by atoms with Crippen LogP contribution in [0, 0.1) is 0 Å². The lowest BCUT2D eigenvalue weighted by Gasteiger charge is -2.22. The molecule has 1 heteroatoms. The molecule has 0 radical (unpaired) electrons. The van der Waals surface area contributed by atoms with Crippen LogP contribution in [0.25, 0.3) is 10.8 Å². The molecule has 3 rings (SSSR count). The third kappa shape index (κ3) is 1.28. The van der Waals surface area contributed by atoms with E-state index in [4.69, 9.17) is 5.73 Å². The number of nitrogens with two attached hydrogens (primary N) is 1. The second kappa shape index (κ2) is 3.33. The smallest absolute Gasteiger partial charge is 0.0108 e. The lowest BCUT2D eigenvalue weighted by molar-refractivity contribution is 0.560. The Morgan fingerprint density at radius 2 is 1.75 bits per heavy atom. The van der Waals surface area contributed by atoms with E-state index in [1.54, 1.807) is 0 Å². The second-order valence-electron chi connectivity index (χ2n) is 4.97. The monoisotopic (exact) mass is 211 g/mol. The molecule has 0 saturated heterocycles. The lowest BCUT2D eigenvalue weighted by Crippen LogP contribution is -2.31. The van der Waals surface area contributed by atoms with Gasteiger partial charge in [-0.05, 0) is 36.1 Å². The van der Waals surface area contributed by atoms with E-state index < -0.39 is 0 Å². The number of hydrogen-bond donors (Lipinski definition) is 1. The molecule has 1 nitrogen and oxygen atoms in total. The fraction of sp³-hybridized carbons (Fsp3) is 0.333. The quantitative estimate of drug-likeness (QED) is 0.811. The van der Waals surface area contributed by atoms with Crippen LogP contribution >= 0.6 is 0 Å². The molecule has 0 bridgehead atoms. The largest absolute Gasteiger partial charge is 0.327 e. The molecule has 2 aromatic rings. The summed E-state index contributed by atoms with van der Waals surface area (Å²) in [7, 11) is 0. The van der Waals surface area contributed by atoms with E-state index in [-0.39, 0.29) is 11.5 Å². The predicted molar refractivity (Wildman–Crippen MR) is 68.5 cm³/mol. The van der Waals surface area contributed by atoms with Crippen LogP contribution in [-0.4, -0.2) is 6.04 Å². The molecule has 16 heavy (non-hydrogen) atoms. The summed E-state index contributed by atoms with van der Waals surface area (Å²) in [5.74, 6) is 0. The van der Waals surface area contributed by atoms with E-state index >= 15 is 0 Å². The highest BCUT2D eigenvalue weighted by Crippen LogP contribution is 2.52. The van der Waals surface area contributed by atoms with Crippen LogP contribution in [0.1, 0.15) is 25.3 Å². The van der Waals surface area contributed by atoms with Gasteiger partial charge < -0.3 is 5.73 Å². The summed E-state index contributed by atoms with van der Waals surface area (Å²) in [5, 5.41) is 2.70. The van der Waals surface area contributed by atoms with E-state index in [2.05, 4.69) is 49.4 Å². The number of hydrogen-bond acceptors (Lipinski definition) is 1. The van der Waals surface area contributed by atoms with Gasteiger partial charge in [-0.2, -0.15) is 0 Å². The molecular weight excluding hydrogens is 194 g/mol. The van der Waals surface area contributed by atoms with Gasteiger partial charge in [0, 0.05) is 11.5 Å². The highest BCUT2D eigenvalue weighted by Gasteiger charge is 2.47. The van der Waals surface area contributed by atoms with Gasteiger partial charge in [-0.1, -0.05) is 42.5 Å². The van der Waals surface area contributed by atoms with Crippen molar-refractivity contribution in [2.24, 2.45) is 5.73 Å². The number of rotatable bonds is 2. The van der Waals surface area contributed by atoms with Crippen LogP contribution in [0.3, 0.4) is 0 Å². The molecule has 2 N–H and O–H groups in total. The van der Waals surface area contributed by atoms with Crippen LogP contribution < -0.4 is 5.73 Å². The third-order valence-corrected chi connectivity index (χ3v) is 3.99. The summed E-state index contributed by atoms with van der Waals surface area (Å²) < 4.78 is 0. The molecule has 82 valence electrons. The predicted octanol–water partition coefficient (Wildman–Crippen LogP) is 3.22. The van der Waals surface area contributed by atoms with Crippen molar-refractivity contribution in [2.75, 3.05) is 0 Å². The summed E-state index contributed by atoms with van der Waals surface area (Å²) in [4.78, 5) is 0. The molecule has 1 fully saturated rings. The maximum absolute atomic E-state index is 6.16. The zero-order chi connectivity index (χ0) is 11.2. The first-order valence-electron chi connectivity index (χ1n) is 5.98. The molecule has 1 aliphatic rings. The molecule has 2 aromatic carbocycles. The van der Waals surface area contributed by atoms with Crippen molar-refractivity contribution in [2.45, 2.75) is 31.2 Å². The normalized spacial score (nSPS) is 19.6. The average Bonchev–Trinajstić information content (AvgIpc) is 3.09. The Kier molecular flexibility index (Phi) is 2.05. The molecule has 0 aromatic heterocycles. The van der Waals surface area contributed by atoms with Crippen molar-refractivity contribution in [3.8, 4) is 0 Å². The van der Waals surface area contributed by atoms with E-state index in [0.717, 1.165) is 0 Å². The Balaban J connectivity index is 2.25. The van der Waals surface area contributed by atoms with Gasteiger partial charge in [0.05, 0.1) is 0 Å². The Morgan fingerprint density at radius 3 is 2.44 bits per heavy atom. The standard InChI is InChI=1S/C15H17N/c1-11(16)15(9-10-15)14-8-4-6-12-5-2-3-7-13(12)14/h2-8,11H,9-10,16H2,1H3. The minimum atomic E-state index is 0.248. The van der Waals surface area contributed by atoms with Gasteiger partial charge in [-0.15, -0.1) is 0 Å². The first-order chi connectivity index (χ1) is 7.74. The minimum Gasteiger partial charge on any atom is -0.327 e. The highest BCUT2D eigenvalue weighted by atomic mass is 14.7. The summed E-state index contributed by atoms with van der Waals surface area (Å²) in [6.45, 7) is 2.13. The van der Waals surface area contributed by atoms with Crippen LogP contribution in [0.4, 0.5) is 0 Å². The molecule has 0 spiro atoms. The summed E-state index contributed by atoms with van der Waals surface area (Å²) >= 11 is 0. The third-order valence-electron chi connectivity index (χ3n) is 3.99. The van der Waals surface area contributed by atoms with Crippen LogP contribution in [0.5, 0.6) is 0 Å². The van der Waals surface area contributed by atoms with Gasteiger partial charge in [0.25, 0.3) is 0 Å². The second-order valence-corrected chi connectivity index (χ2v) is 4.97. The molecule has 0 amide bonds. The average molecular weight is 211 g/mol. The molecule has 0 heterocycles. The van der Waals surface area contributed by atoms with E-state index in [9.17, 15) is 0 Å². The Morgan fingerprint density at radius 1 is 1.06 bits per heavy atom. The van der Waals surface area contributed by atoms with Crippen molar-refractivity contribution in [3.63, 3.8) is 0 Å². The van der Waals surface area contributed by atoms with Crippen molar-refractivity contribution >= 4 is 10.8 Å². The maximum atomic E-state index is 6.16. The molecule has 1 aliphatic carbocycles. The van der Waals surface area contributed by atoms with Gasteiger partial charge in [-0.25, -0.2) is 0 Å². The Labute approximate surface area is 96.3 Å². The fourth-order valence-electron chi connectivity index (χ4n) is 2.76. The van der Waals surface area contributed by atoms with Crippen LogP contribution in [0.15, 0.2) is 42.5 Å². The fourth-order valence-corrected chi connectivity index (χ4v) is 2.76. The Hall–Kier alpha value is -1.34. The van der Waals surface area contributed by atoms with Gasteiger partial charge in [0.2, 0.25) is 0 Å². The van der Waals surface area contributed by atoms with Crippen molar-refractivity contribution in [3.05, 3.63) is 48.0 Å². The first-order valence-corrected chi connectivity index (χ1v) is 5.98. The maximum Gasteiger partial charge on any atom is 0.0108 e. The molecular formula is C15H17N. The SMILES string of the molecule is CC(N)C1(c2cccc3ccccc23)CC1. The molecule has 1 unspecified atom stereocenters. The number of benzene rings is 2. The summed E-state index contributed by atoms with van der Waals surface area (Å²) in [6.07, 6.45) is 2.47. The van der Waals surface area contributed by atoms with E-state index in [1.807, 2.05) is 0 Å². The van der Waals surface area contributed by atoms with E-state index in [1.165, 1.54) is 29.2 Å².